The Bertz CT molecular complexity index is 193. The molecule has 0 saturated heterocycles. The van der Waals surface area contributed by atoms with Crippen LogP contribution in [0.2, 0.25) is 0 Å². The number of carbonyl (C=O) groups is 1. The Labute approximate surface area is 91.8 Å². The van der Waals surface area contributed by atoms with Crippen LogP contribution in [-0.4, -0.2) is 38.8 Å². The number of nitrogens with one attached hydrogen (secondary N) is 2. The first-order valence-corrected chi connectivity index (χ1v) is 5.71. The van der Waals surface area contributed by atoms with Gasteiger partial charge < -0.3 is 15.4 Å². The van der Waals surface area contributed by atoms with E-state index in [1.807, 2.05) is 0 Å². The number of rotatable bonds is 8. The van der Waals surface area contributed by atoms with Gasteiger partial charge in [0.05, 0.1) is 6.61 Å². The van der Waals surface area contributed by atoms with Crippen LogP contribution in [-0.2, 0) is 9.53 Å². The van der Waals surface area contributed by atoms with E-state index in [1.54, 1.807) is 7.11 Å². The van der Waals surface area contributed by atoms with Crippen molar-refractivity contribution in [2.24, 2.45) is 5.92 Å². The molecule has 1 amide bonds. The van der Waals surface area contributed by atoms with Crippen molar-refractivity contribution in [1.29, 1.82) is 0 Å². The Morgan fingerprint density at radius 1 is 1.53 bits per heavy atom. The van der Waals surface area contributed by atoms with E-state index in [0.29, 0.717) is 31.5 Å². The first kappa shape index (κ1) is 12.5. The second-order valence-electron chi connectivity index (χ2n) is 4.34. The highest BCUT2D eigenvalue weighted by Crippen LogP contribution is 2.18. The minimum absolute atomic E-state index is 0.131. The molecule has 1 fully saturated rings. The smallest absolute Gasteiger partial charge is 0.221 e. The van der Waals surface area contributed by atoms with Crippen molar-refractivity contribution in [2.45, 2.75) is 32.2 Å². The van der Waals surface area contributed by atoms with Gasteiger partial charge in [0.25, 0.3) is 0 Å². The second-order valence-corrected chi connectivity index (χ2v) is 4.34. The molecule has 15 heavy (non-hydrogen) atoms. The zero-order valence-electron chi connectivity index (χ0n) is 9.71. The van der Waals surface area contributed by atoms with Gasteiger partial charge in [0.15, 0.2) is 0 Å². The average molecular weight is 214 g/mol. The maximum Gasteiger partial charge on any atom is 0.221 e. The molecule has 0 bridgehead atoms. The molecule has 88 valence electrons. The summed E-state index contributed by atoms with van der Waals surface area (Å²) in [7, 11) is 1.68. The highest BCUT2D eigenvalue weighted by molar-refractivity contribution is 5.76. The third kappa shape index (κ3) is 6.47. The fourth-order valence-electron chi connectivity index (χ4n) is 1.40. The van der Waals surface area contributed by atoms with E-state index in [9.17, 15) is 4.79 Å². The van der Waals surface area contributed by atoms with E-state index in [4.69, 9.17) is 4.74 Å². The molecule has 0 heterocycles. The third-order valence-electron chi connectivity index (χ3n) is 2.46. The minimum Gasteiger partial charge on any atom is -0.384 e. The number of hydrogen-bond acceptors (Lipinski definition) is 3. The monoisotopic (exact) mass is 214 g/mol. The molecule has 1 unspecified atom stereocenters. The highest BCUT2D eigenvalue weighted by atomic mass is 16.5. The van der Waals surface area contributed by atoms with Crippen LogP contribution in [0.1, 0.15) is 26.2 Å². The minimum atomic E-state index is 0.131. The summed E-state index contributed by atoms with van der Waals surface area (Å²) in [5.41, 5.74) is 0. The average Bonchev–Trinajstić information content (AvgIpc) is 2.99. The summed E-state index contributed by atoms with van der Waals surface area (Å²) in [4.78, 5) is 11.4. The lowest BCUT2D eigenvalue weighted by Gasteiger charge is -2.11. The maximum absolute atomic E-state index is 11.4. The van der Waals surface area contributed by atoms with Crippen LogP contribution < -0.4 is 10.6 Å². The Kier molecular flexibility index (Phi) is 5.65. The number of methoxy groups -OCH3 is 1. The van der Waals surface area contributed by atoms with Crippen LogP contribution in [0.3, 0.4) is 0 Å². The van der Waals surface area contributed by atoms with Crippen molar-refractivity contribution in [1.82, 2.24) is 10.6 Å². The van der Waals surface area contributed by atoms with Gasteiger partial charge >= 0.3 is 0 Å². The lowest BCUT2D eigenvalue weighted by atomic mass is 10.2. The van der Waals surface area contributed by atoms with E-state index < -0.39 is 0 Å². The van der Waals surface area contributed by atoms with Crippen LogP contribution >= 0.6 is 0 Å². The normalized spacial score (nSPS) is 17.5. The van der Waals surface area contributed by atoms with Crippen LogP contribution in [0.25, 0.3) is 0 Å². The molecule has 0 radical (unpaired) electrons. The predicted octanol–water partition coefficient (Wildman–Crippen LogP) is 0.527. The summed E-state index contributed by atoms with van der Waals surface area (Å²) in [6.07, 6.45) is 3.12. The van der Waals surface area contributed by atoms with Crippen molar-refractivity contribution >= 4 is 5.91 Å². The van der Waals surface area contributed by atoms with Crippen molar-refractivity contribution < 1.29 is 9.53 Å². The van der Waals surface area contributed by atoms with Crippen molar-refractivity contribution in [2.75, 3.05) is 26.8 Å². The number of amides is 1. The second kappa shape index (κ2) is 6.80. The molecule has 0 aromatic carbocycles. The third-order valence-corrected chi connectivity index (χ3v) is 2.46. The largest absolute Gasteiger partial charge is 0.384 e. The van der Waals surface area contributed by atoms with Crippen molar-refractivity contribution in [3.8, 4) is 0 Å². The molecule has 1 saturated carbocycles. The number of carbonyl (C=O) groups excluding carboxylic acids is 1. The van der Waals surface area contributed by atoms with Crippen LogP contribution in [0.4, 0.5) is 0 Å². The molecule has 1 rings (SSSR count). The molecule has 1 aliphatic carbocycles. The Balaban J connectivity index is 1.92. The molecule has 1 atom stereocenters. The van der Waals surface area contributed by atoms with Gasteiger partial charge in [0.1, 0.15) is 0 Å². The maximum atomic E-state index is 11.4. The van der Waals surface area contributed by atoms with Crippen LogP contribution in [0.15, 0.2) is 0 Å². The van der Waals surface area contributed by atoms with Gasteiger partial charge in [-0.15, -0.1) is 0 Å². The highest BCUT2D eigenvalue weighted by Gasteiger charge is 2.20. The van der Waals surface area contributed by atoms with Gasteiger partial charge in [-0.25, -0.2) is 0 Å². The van der Waals surface area contributed by atoms with E-state index >= 15 is 0 Å². The summed E-state index contributed by atoms with van der Waals surface area (Å²) < 4.78 is 4.99. The molecule has 4 heteroatoms. The van der Waals surface area contributed by atoms with E-state index in [-0.39, 0.29) is 5.91 Å². The van der Waals surface area contributed by atoms with Gasteiger partial charge in [0, 0.05) is 32.7 Å². The molecule has 0 aromatic rings. The number of ether oxygens (including phenoxy) is 1. The van der Waals surface area contributed by atoms with E-state index in [1.165, 1.54) is 12.8 Å². The van der Waals surface area contributed by atoms with Gasteiger partial charge in [-0.2, -0.15) is 0 Å². The molecule has 2 N–H and O–H groups in total. The summed E-state index contributed by atoms with van der Waals surface area (Å²) >= 11 is 0. The van der Waals surface area contributed by atoms with Gasteiger partial charge in [-0.05, 0) is 18.8 Å². The Morgan fingerprint density at radius 3 is 2.87 bits per heavy atom. The molecule has 0 spiro atoms. The fraction of sp³-hybridized carbons (Fsp3) is 0.909. The van der Waals surface area contributed by atoms with E-state index in [0.717, 1.165) is 6.54 Å². The van der Waals surface area contributed by atoms with Crippen LogP contribution in [0, 0.1) is 5.92 Å². The first-order valence-electron chi connectivity index (χ1n) is 5.71. The molecule has 4 nitrogen and oxygen atoms in total. The summed E-state index contributed by atoms with van der Waals surface area (Å²) in [6.45, 7) is 4.26. The molecular formula is C11H22N2O2. The van der Waals surface area contributed by atoms with Crippen molar-refractivity contribution in [3.05, 3.63) is 0 Å². The lowest BCUT2D eigenvalue weighted by Crippen LogP contribution is -2.32. The molecule has 1 aliphatic rings. The summed E-state index contributed by atoms with van der Waals surface area (Å²) in [5, 5.41) is 6.22. The molecule has 0 aromatic heterocycles. The molecule has 0 aliphatic heterocycles. The Morgan fingerprint density at radius 2 is 2.27 bits per heavy atom. The standard InChI is InChI=1S/C11H22N2O2/c1-9(8-15-2)7-13-11(14)5-6-12-10-3-4-10/h9-10,12H,3-8H2,1-2H3,(H,13,14). The predicted molar refractivity (Wildman–Crippen MR) is 59.7 cm³/mol. The topological polar surface area (TPSA) is 50.4 Å². The van der Waals surface area contributed by atoms with Gasteiger partial charge in [0.2, 0.25) is 5.91 Å². The van der Waals surface area contributed by atoms with E-state index in [2.05, 4.69) is 17.6 Å². The van der Waals surface area contributed by atoms with Crippen molar-refractivity contribution in [3.63, 3.8) is 0 Å². The summed E-state index contributed by atoms with van der Waals surface area (Å²) in [6, 6.07) is 0.685. The Hall–Kier alpha value is -0.610. The fourth-order valence-corrected chi connectivity index (χ4v) is 1.40. The quantitative estimate of drug-likeness (QED) is 0.619. The van der Waals surface area contributed by atoms with Crippen LogP contribution in [0.5, 0.6) is 0 Å². The zero-order chi connectivity index (χ0) is 11.1. The molecular weight excluding hydrogens is 192 g/mol. The summed E-state index contributed by atoms with van der Waals surface area (Å²) in [5.74, 6) is 0.515. The lowest BCUT2D eigenvalue weighted by molar-refractivity contribution is -0.121. The van der Waals surface area contributed by atoms with Gasteiger partial charge in [-0.1, -0.05) is 6.92 Å². The zero-order valence-corrected chi connectivity index (χ0v) is 9.71. The number of hydrogen-bond donors (Lipinski definition) is 2. The SMILES string of the molecule is COCC(C)CNC(=O)CCNC1CC1. The first-order chi connectivity index (χ1) is 7.22. The van der Waals surface area contributed by atoms with Gasteiger partial charge in [-0.3, -0.25) is 4.79 Å².